The van der Waals surface area contributed by atoms with Crippen LogP contribution in [-0.4, -0.2) is 30.3 Å². The molecule has 132 valence electrons. The van der Waals surface area contributed by atoms with Gasteiger partial charge >= 0.3 is 0 Å². The zero-order valence-corrected chi connectivity index (χ0v) is 16.1. The summed E-state index contributed by atoms with van der Waals surface area (Å²) in [6.07, 6.45) is 0. The minimum atomic E-state index is -0.146. The van der Waals surface area contributed by atoms with Crippen LogP contribution in [0, 0.1) is 13.8 Å². The van der Waals surface area contributed by atoms with Gasteiger partial charge in [0, 0.05) is 5.41 Å². The van der Waals surface area contributed by atoms with Crippen LogP contribution in [-0.2, 0) is 5.41 Å². The Hall–Kier alpha value is -2.22. The molecular weight excluding hydrogens is 336 g/mol. The van der Waals surface area contributed by atoms with Gasteiger partial charge in [-0.1, -0.05) is 43.8 Å². The maximum absolute atomic E-state index is 5.42. The molecule has 1 unspecified atom stereocenters. The minimum absolute atomic E-state index is 0.0557. The smallest absolute Gasteiger partial charge is 0.239 e. The lowest BCUT2D eigenvalue weighted by molar-refractivity contribution is 0.364. The monoisotopic (exact) mass is 358 g/mol. The van der Waals surface area contributed by atoms with Crippen LogP contribution >= 0.6 is 11.8 Å². The van der Waals surface area contributed by atoms with Gasteiger partial charge in [-0.15, -0.1) is 5.10 Å². The van der Waals surface area contributed by atoms with Crippen LogP contribution in [0.1, 0.15) is 55.8 Å². The summed E-state index contributed by atoms with van der Waals surface area (Å²) in [6.45, 7) is 12.3. The largest absolute Gasteiger partial charge is 0.338 e. The molecule has 0 aliphatic heterocycles. The van der Waals surface area contributed by atoms with Crippen LogP contribution in [0.5, 0.6) is 0 Å². The number of hydrogen-bond donors (Lipinski definition) is 0. The maximum atomic E-state index is 5.42. The fourth-order valence-corrected chi connectivity index (χ4v) is 3.02. The first-order chi connectivity index (χ1) is 11.8. The molecule has 0 fully saturated rings. The molecule has 7 nitrogen and oxygen atoms in total. The SMILES string of the molecule is Cc1ccc(-n2nnnc2SC(C)c2nc(C(C)(C)C)no2)cc1C. The molecule has 0 aliphatic rings. The van der Waals surface area contributed by atoms with Crippen LogP contribution in [0.15, 0.2) is 27.9 Å². The van der Waals surface area contributed by atoms with E-state index in [-0.39, 0.29) is 10.7 Å². The Morgan fingerprint density at radius 1 is 1.16 bits per heavy atom. The molecule has 0 radical (unpaired) electrons. The van der Waals surface area contributed by atoms with E-state index in [1.807, 2.05) is 13.0 Å². The summed E-state index contributed by atoms with van der Waals surface area (Å²) in [5, 5.41) is 16.8. The third-order valence-corrected chi connectivity index (χ3v) is 4.94. The lowest BCUT2D eigenvalue weighted by Crippen LogP contribution is -2.13. The molecule has 0 spiro atoms. The van der Waals surface area contributed by atoms with Crippen LogP contribution in [0.3, 0.4) is 0 Å². The van der Waals surface area contributed by atoms with Gasteiger partial charge < -0.3 is 4.52 Å². The second-order valence-electron chi connectivity index (χ2n) is 7.11. The third-order valence-electron chi connectivity index (χ3n) is 3.92. The van der Waals surface area contributed by atoms with Crippen LogP contribution in [0.4, 0.5) is 0 Å². The van der Waals surface area contributed by atoms with E-state index in [0.717, 1.165) is 5.69 Å². The first-order valence-electron chi connectivity index (χ1n) is 8.12. The molecule has 25 heavy (non-hydrogen) atoms. The number of benzene rings is 1. The van der Waals surface area contributed by atoms with Gasteiger partial charge in [-0.05, 0) is 54.5 Å². The molecule has 3 rings (SSSR count). The Morgan fingerprint density at radius 2 is 1.92 bits per heavy atom. The van der Waals surface area contributed by atoms with Crippen molar-refractivity contribution in [2.45, 2.75) is 57.4 Å². The number of nitrogens with zero attached hydrogens (tertiary/aromatic N) is 6. The molecule has 3 aromatic rings. The number of hydrogen-bond acceptors (Lipinski definition) is 7. The summed E-state index contributed by atoms with van der Waals surface area (Å²) >= 11 is 1.49. The van der Waals surface area contributed by atoms with Crippen molar-refractivity contribution in [2.75, 3.05) is 0 Å². The summed E-state index contributed by atoms with van der Waals surface area (Å²) in [5.74, 6) is 1.27. The molecule has 1 atom stereocenters. The van der Waals surface area contributed by atoms with Crippen molar-refractivity contribution in [1.29, 1.82) is 0 Å². The van der Waals surface area contributed by atoms with Crippen molar-refractivity contribution in [3.05, 3.63) is 41.0 Å². The lowest BCUT2D eigenvalue weighted by Gasteiger charge is -2.11. The standard InChI is InChI=1S/C17H22N6OS/c1-10-7-8-13(9-11(10)2)23-16(19-21-22-23)25-12(3)14-18-15(20-24-14)17(4,5)6/h7-9,12H,1-6H3. The molecule has 2 aromatic heterocycles. The first-order valence-corrected chi connectivity index (χ1v) is 9.00. The topological polar surface area (TPSA) is 82.5 Å². The highest BCUT2D eigenvalue weighted by Crippen LogP contribution is 2.34. The van der Waals surface area contributed by atoms with E-state index in [1.54, 1.807) is 4.68 Å². The van der Waals surface area contributed by atoms with Crippen molar-refractivity contribution in [3.63, 3.8) is 0 Å². The Labute approximate surface area is 151 Å². The van der Waals surface area contributed by atoms with E-state index in [1.165, 1.54) is 22.9 Å². The van der Waals surface area contributed by atoms with E-state index in [2.05, 4.69) is 72.4 Å². The Bertz CT molecular complexity index is 879. The molecule has 0 saturated carbocycles. The van der Waals surface area contributed by atoms with Crippen molar-refractivity contribution in [2.24, 2.45) is 0 Å². The van der Waals surface area contributed by atoms with Crippen LogP contribution in [0.2, 0.25) is 0 Å². The van der Waals surface area contributed by atoms with Crippen molar-refractivity contribution in [3.8, 4) is 5.69 Å². The fourth-order valence-electron chi connectivity index (χ4n) is 2.19. The number of aryl methyl sites for hydroxylation is 2. The second-order valence-corrected chi connectivity index (χ2v) is 8.42. The summed E-state index contributed by atoms with van der Waals surface area (Å²) < 4.78 is 7.15. The van der Waals surface area contributed by atoms with Gasteiger partial charge in [-0.25, -0.2) is 0 Å². The quantitative estimate of drug-likeness (QED) is 0.656. The summed E-state index contributed by atoms with van der Waals surface area (Å²) in [4.78, 5) is 4.51. The summed E-state index contributed by atoms with van der Waals surface area (Å²) in [6, 6.07) is 6.15. The minimum Gasteiger partial charge on any atom is -0.338 e. The fraction of sp³-hybridized carbons (Fsp3) is 0.471. The van der Waals surface area contributed by atoms with Gasteiger partial charge in [-0.2, -0.15) is 9.67 Å². The molecule has 1 aromatic carbocycles. The summed E-state index contributed by atoms with van der Waals surface area (Å²) in [5.41, 5.74) is 3.22. The van der Waals surface area contributed by atoms with E-state index in [4.69, 9.17) is 4.52 Å². The van der Waals surface area contributed by atoms with Gasteiger partial charge in [-0.3, -0.25) is 0 Å². The van der Waals surface area contributed by atoms with Gasteiger partial charge in [0.15, 0.2) is 5.82 Å². The van der Waals surface area contributed by atoms with Crippen LogP contribution < -0.4 is 0 Å². The van der Waals surface area contributed by atoms with Gasteiger partial charge in [0.1, 0.15) is 0 Å². The van der Waals surface area contributed by atoms with Gasteiger partial charge in [0.2, 0.25) is 11.0 Å². The van der Waals surface area contributed by atoms with E-state index in [0.29, 0.717) is 16.9 Å². The number of thioether (sulfide) groups is 1. The van der Waals surface area contributed by atoms with Crippen molar-refractivity contribution >= 4 is 11.8 Å². The molecule has 2 heterocycles. The highest BCUT2D eigenvalue weighted by atomic mass is 32.2. The highest BCUT2D eigenvalue weighted by Gasteiger charge is 2.25. The van der Waals surface area contributed by atoms with Gasteiger partial charge in [0.25, 0.3) is 0 Å². The predicted octanol–water partition coefficient (Wildman–Crippen LogP) is 3.81. The Kier molecular flexibility index (Phi) is 4.64. The van der Waals surface area contributed by atoms with Gasteiger partial charge in [0.05, 0.1) is 10.9 Å². The number of tetrazole rings is 1. The average Bonchev–Trinajstić information content (AvgIpc) is 3.18. The van der Waals surface area contributed by atoms with E-state index < -0.39 is 0 Å². The summed E-state index contributed by atoms with van der Waals surface area (Å²) in [7, 11) is 0. The average molecular weight is 358 g/mol. The van der Waals surface area contributed by atoms with Crippen molar-refractivity contribution in [1.82, 2.24) is 30.3 Å². The Balaban J connectivity index is 1.83. The highest BCUT2D eigenvalue weighted by molar-refractivity contribution is 7.99. The number of aromatic nitrogens is 6. The lowest BCUT2D eigenvalue weighted by atomic mass is 9.96. The van der Waals surface area contributed by atoms with E-state index >= 15 is 0 Å². The van der Waals surface area contributed by atoms with E-state index in [9.17, 15) is 0 Å². The molecule has 0 saturated heterocycles. The third kappa shape index (κ3) is 3.73. The molecule has 0 aliphatic carbocycles. The molecule has 0 amide bonds. The zero-order chi connectivity index (χ0) is 18.2. The predicted molar refractivity (Wildman–Crippen MR) is 95.9 cm³/mol. The molecule has 8 heteroatoms. The molecule has 0 bridgehead atoms. The second kappa shape index (κ2) is 6.59. The maximum Gasteiger partial charge on any atom is 0.239 e. The van der Waals surface area contributed by atoms with Crippen LogP contribution in [0.25, 0.3) is 5.69 Å². The Morgan fingerprint density at radius 3 is 2.56 bits per heavy atom. The molecule has 0 N–H and O–H groups in total. The first kappa shape index (κ1) is 17.6. The zero-order valence-electron chi connectivity index (χ0n) is 15.3. The normalized spacial score (nSPS) is 13.2. The molecular formula is C17H22N6OS. The van der Waals surface area contributed by atoms with Crippen molar-refractivity contribution < 1.29 is 4.52 Å². The number of rotatable bonds is 4.